The number of pyridine rings is 1. The van der Waals surface area contributed by atoms with Crippen molar-refractivity contribution in [3.63, 3.8) is 0 Å². The van der Waals surface area contributed by atoms with E-state index in [0.717, 1.165) is 39.6 Å². The second kappa shape index (κ2) is 7.96. The van der Waals surface area contributed by atoms with Gasteiger partial charge in [0.25, 0.3) is 0 Å². The molecule has 2 atom stereocenters. The van der Waals surface area contributed by atoms with Gasteiger partial charge in [-0.2, -0.15) is 0 Å². The van der Waals surface area contributed by atoms with Crippen molar-refractivity contribution < 1.29 is 4.21 Å². The molecule has 0 aliphatic heterocycles. The van der Waals surface area contributed by atoms with E-state index >= 15 is 0 Å². The maximum atomic E-state index is 12.0. The molecule has 0 aliphatic carbocycles. The fraction of sp³-hybridized carbons (Fsp3) is 0.250. The number of fused-ring (bicyclic) bond motifs is 1. The fourth-order valence-corrected chi connectivity index (χ4v) is 5.37. The third kappa shape index (κ3) is 3.83. The maximum Gasteiger partial charge on any atom is 0.167 e. The normalized spacial score (nSPS) is 12.8. The smallest absolute Gasteiger partial charge is 0.167 e. The molecule has 0 saturated carbocycles. The molecule has 0 bridgehead atoms. The van der Waals surface area contributed by atoms with Crippen molar-refractivity contribution in [2.24, 2.45) is 0 Å². The van der Waals surface area contributed by atoms with Crippen molar-refractivity contribution in [3.8, 4) is 0 Å². The van der Waals surface area contributed by atoms with Gasteiger partial charge in [0.15, 0.2) is 5.65 Å². The topological polar surface area (TPSA) is 63.1 Å². The number of halogens is 2. The van der Waals surface area contributed by atoms with Crippen LogP contribution in [-0.4, -0.2) is 31.8 Å². The Morgan fingerprint density at radius 3 is 2.65 bits per heavy atom. The highest BCUT2D eigenvalue weighted by Crippen LogP contribution is 2.37. The maximum absolute atomic E-state index is 12.0. The molecule has 0 spiro atoms. The second-order valence-corrected chi connectivity index (χ2v) is 9.66. The predicted molar refractivity (Wildman–Crippen MR) is 122 cm³/mol. The first-order valence-corrected chi connectivity index (χ1v) is 13.6. The Morgan fingerprint density at radius 2 is 2.00 bits per heavy atom. The number of nitrogens with one attached hydrogen (secondary N) is 1. The van der Waals surface area contributed by atoms with Gasteiger partial charge in [0, 0.05) is 19.4 Å². The molecule has 1 N–H and O–H groups in total. The molecule has 0 fully saturated rings. The van der Waals surface area contributed by atoms with Crippen molar-refractivity contribution in [1.82, 2.24) is 14.3 Å². The predicted octanol–water partition coefficient (Wildman–Crippen LogP) is 4.97. The minimum atomic E-state index is -1.14. The Labute approximate surface area is 174 Å². The Morgan fingerprint density at radius 1 is 1.27 bits per heavy atom. The Bertz CT molecular complexity index is 1010. The second-order valence-electron chi connectivity index (χ2n) is 5.81. The molecule has 3 rings (SSSR count). The number of rotatable bonds is 5. The molecule has 0 radical (unpaired) electrons. The van der Waals surface area contributed by atoms with E-state index in [-0.39, 0.29) is 0 Å². The van der Waals surface area contributed by atoms with Gasteiger partial charge in [-0.05, 0) is 53.6 Å². The number of benzene rings is 1. The van der Waals surface area contributed by atoms with Crippen LogP contribution in [0.15, 0.2) is 24.3 Å². The molecular formula is C16H18ClIN5OPS. The summed E-state index contributed by atoms with van der Waals surface area (Å²) in [6, 6.07) is 7.75. The zero-order valence-corrected chi connectivity index (χ0v) is 19.4. The number of aromatic nitrogens is 3. The van der Waals surface area contributed by atoms with Crippen LogP contribution < -0.4 is 9.62 Å². The third-order valence-electron chi connectivity index (χ3n) is 3.98. The molecule has 0 aliphatic rings. The van der Waals surface area contributed by atoms with Crippen LogP contribution >= 0.6 is 40.0 Å². The van der Waals surface area contributed by atoms with Gasteiger partial charge in [0.2, 0.25) is 0 Å². The largest absolute Gasteiger partial charge is 0.352 e. The number of anilines is 3. The van der Waals surface area contributed by atoms with Crippen LogP contribution in [0.2, 0.25) is 5.15 Å². The molecule has 138 valence electrons. The number of hydrogen-bond donors (Lipinski definition) is 1. The van der Waals surface area contributed by atoms with Gasteiger partial charge in [0.1, 0.15) is 27.5 Å². The van der Waals surface area contributed by atoms with Gasteiger partial charge in [-0.15, -0.1) is 0 Å². The van der Waals surface area contributed by atoms with Gasteiger partial charge in [-0.25, -0.2) is 14.2 Å². The highest BCUT2D eigenvalue weighted by atomic mass is 127. The third-order valence-corrected chi connectivity index (χ3v) is 7.30. The Kier molecular flexibility index (Phi) is 6.06. The highest BCUT2D eigenvalue weighted by molar-refractivity contribution is 14.2. The SMILES string of the molecule is Cc1ccc(Nc2cc(Cl)nc3c2nc(C)n3PI)c(N(C)S(C)=O)c1. The summed E-state index contributed by atoms with van der Waals surface area (Å²) < 4.78 is 15.7. The fourth-order valence-electron chi connectivity index (χ4n) is 2.61. The molecule has 0 saturated heterocycles. The lowest BCUT2D eigenvalue weighted by Gasteiger charge is -2.21. The average Bonchev–Trinajstić information content (AvgIpc) is 2.90. The van der Waals surface area contributed by atoms with E-state index in [1.54, 1.807) is 23.7 Å². The molecule has 26 heavy (non-hydrogen) atoms. The van der Waals surface area contributed by atoms with Crippen molar-refractivity contribution in [2.45, 2.75) is 13.8 Å². The number of nitrogens with zero attached hydrogens (tertiary/aromatic N) is 4. The summed E-state index contributed by atoms with van der Waals surface area (Å²) in [4.78, 5) is 9.09. The van der Waals surface area contributed by atoms with E-state index in [0.29, 0.717) is 11.5 Å². The Balaban J connectivity index is 2.14. The summed E-state index contributed by atoms with van der Waals surface area (Å²) in [7, 11) is 0.672. The minimum absolute atomic E-state index is 0.400. The molecule has 1 aromatic carbocycles. The van der Waals surface area contributed by atoms with Crippen LogP contribution in [0.3, 0.4) is 0 Å². The van der Waals surface area contributed by atoms with Crippen LogP contribution in [0.1, 0.15) is 11.4 Å². The van der Waals surface area contributed by atoms with E-state index in [1.165, 1.54) is 0 Å². The van der Waals surface area contributed by atoms with E-state index in [1.807, 2.05) is 36.4 Å². The first-order valence-electron chi connectivity index (χ1n) is 7.69. The average molecular weight is 522 g/mol. The zero-order chi connectivity index (χ0) is 19.0. The van der Waals surface area contributed by atoms with Crippen LogP contribution in [0.25, 0.3) is 11.2 Å². The first-order chi connectivity index (χ1) is 12.3. The van der Waals surface area contributed by atoms with E-state index in [2.05, 4.69) is 37.3 Å². The molecule has 6 nitrogen and oxygen atoms in total. The first kappa shape index (κ1) is 19.8. The van der Waals surface area contributed by atoms with Gasteiger partial charge in [-0.3, -0.25) is 8.64 Å². The monoisotopic (exact) mass is 521 g/mol. The van der Waals surface area contributed by atoms with E-state index < -0.39 is 11.0 Å². The van der Waals surface area contributed by atoms with Crippen LogP contribution in [-0.2, 0) is 11.0 Å². The van der Waals surface area contributed by atoms with Gasteiger partial charge >= 0.3 is 0 Å². The summed E-state index contributed by atoms with van der Waals surface area (Å²) >= 11 is 8.56. The lowest BCUT2D eigenvalue weighted by atomic mass is 10.2. The minimum Gasteiger partial charge on any atom is -0.352 e. The molecule has 2 unspecified atom stereocenters. The summed E-state index contributed by atoms with van der Waals surface area (Å²) in [5.41, 5.74) is 5.07. The van der Waals surface area contributed by atoms with Crippen molar-refractivity contribution in [3.05, 3.63) is 40.8 Å². The molecule has 3 aromatic rings. The number of hydrogen-bond acceptors (Lipinski definition) is 4. The molecular weight excluding hydrogens is 504 g/mol. The van der Waals surface area contributed by atoms with Gasteiger partial charge in [0.05, 0.1) is 23.4 Å². The summed E-state index contributed by atoms with van der Waals surface area (Å²) in [6.45, 7) is 3.96. The number of aryl methyl sites for hydroxylation is 2. The molecule has 2 aromatic heterocycles. The molecule has 2 heterocycles. The van der Waals surface area contributed by atoms with Crippen LogP contribution in [0, 0.1) is 13.8 Å². The van der Waals surface area contributed by atoms with Crippen LogP contribution in [0.4, 0.5) is 17.1 Å². The summed E-state index contributed by atoms with van der Waals surface area (Å²) in [5.74, 6) is 0.890. The van der Waals surface area contributed by atoms with Crippen molar-refractivity contribution in [2.75, 3.05) is 22.9 Å². The lowest BCUT2D eigenvalue weighted by molar-refractivity contribution is 0.685. The summed E-state index contributed by atoms with van der Waals surface area (Å²) in [5, 5.41) is 3.81. The molecule has 10 heteroatoms. The van der Waals surface area contributed by atoms with Gasteiger partial charge in [-0.1, -0.05) is 17.7 Å². The van der Waals surface area contributed by atoms with Crippen molar-refractivity contribution in [1.29, 1.82) is 0 Å². The van der Waals surface area contributed by atoms with Crippen molar-refractivity contribution >= 4 is 79.2 Å². The number of imidazole rings is 1. The van der Waals surface area contributed by atoms with E-state index in [9.17, 15) is 4.21 Å². The molecule has 0 amide bonds. The standard InChI is InChI=1S/C16H18ClIN5OPS/c1-9-5-6-11(13(7-9)22(3)26(4)24)20-12-8-14(17)21-16-15(12)19-10(2)23(16)25-18/h5-8,25H,1-4H3,(H,20,21). The highest BCUT2D eigenvalue weighted by Gasteiger charge is 2.16. The van der Waals surface area contributed by atoms with Crippen LogP contribution in [0.5, 0.6) is 0 Å². The Hall–Kier alpha value is -0.960. The van der Waals surface area contributed by atoms with Gasteiger partial charge < -0.3 is 5.32 Å². The quantitative estimate of drug-likeness (QED) is 0.293. The zero-order valence-electron chi connectivity index (χ0n) is 14.7. The summed E-state index contributed by atoms with van der Waals surface area (Å²) in [6.07, 6.45) is 2.14. The lowest BCUT2D eigenvalue weighted by Crippen LogP contribution is -2.20. The van der Waals surface area contributed by atoms with E-state index in [4.69, 9.17) is 11.6 Å².